The third-order valence-corrected chi connectivity index (χ3v) is 10.4. The number of benzene rings is 3. The van der Waals surface area contributed by atoms with E-state index in [1.165, 1.54) is 30.3 Å². The van der Waals surface area contributed by atoms with Crippen molar-refractivity contribution in [2.24, 2.45) is 5.10 Å². The van der Waals surface area contributed by atoms with E-state index in [1.807, 2.05) is 72.8 Å². The van der Waals surface area contributed by atoms with Gasteiger partial charge in [0, 0.05) is 28.9 Å². The SMILES string of the molecule is CC(C)(CCCCOc1cc(-c2ccccc2)cc(-c2ccccc2)n1)NC(=O)C(CC(=O)NC(CC(=O)O)C(=O)O)NC(=O)c1ccc(N/N=C/c2ccccc2S(=O)(=O)O)nc1. The fourth-order valence-electron chi connectivity index (χ4n) is 6.31. The van der Waals surface area contributed by atoms with E-state index >= 15 is 0 Å². The number of carbonyl (C=O) groups excluding carboxylic acids is 3. The summed E-state index contributed by atoms with van der Waals surface area (Å²) in [7, 11) is -4.51. The highest BCUT2D eigenvalue weighted by Crippen LogP contribution is 2.29. The van der Waals surface area contributed by atoms with Crippen molar-refractivity contribution >= 4 is 51.8 Å². The Morgan fingerprint density at radius 1 is 0.797 bits per heavy atom. The number of carboxylic acids is 2. The van der Waals surface area contributed by atoms with Crippen LogP contribution >= 0.6 is 0 Å². The topological polar surface area (TPSA) is 276 Å². The first-order valence-corrected chi connectivity index (χ1v) is 21.4. The number of anilines is 1. The van der Waals surface area contributed by atoms with Crippen molar-refractivity contribution in [2.75, 3.05) is 12.0 Å². The van der Waals surface area contributed by atoms with Gasteiger partial charge in [0.15, 0.2) is 0 Å². The molecule has 0 fully saturated rings. The quantitative estimate of drug-likeness (QED) is 0.0204. The Morgan fingerprint density at radius 3 is 2.11 bits per heavy atom. The van der Waals surface area contributed by atoms with Gasteiger partial charge in [-0.3, -0.25) is 29.2 Å². The minimum Gasteiger partial charge on any atom is -0.481 e. The Labute approximate surface area is 369 Å². The summed E-state index contributed by atoms with van der Waals surface area (Å²) >= 11 is 0. The maximum Gasteiger partial charge on any atom is 0.326 e. The number of nitrogens with zero attached hydrogens (tertiary/aromatic N) is 3. The van der Waals surface area contributed by atoms with Gasteiger partial charge in [0.05, 0.1) is 36.9 Å². The highest BCUT2D eigenvalue weighted by Gasteiger charge is 2.31. The van der Waals surface area contributed by atoms with E-state index in [2.05, 4.69) is 31.5 Å². The summed E-state index contributed by atoms with van der Waals surface area (Å²) in [4.78, 5) is 71.5. The zero-order valence-corrected chi connectivity index (χ0v) is 35.6. The number of hydrazone groups is 1. The van der Waals surface area contributed by atoms with Crippen LogP contribution in [0.1, 0.15) is 61.9 Å². The predicted octanol–water partition coefficient (Wildman–Crippen LogP) is 5.18. The van der Waals surface area contributed by atoms with E-state index in [0.29, 0.717) is 31.7 Å². The predicted molar refractivity (Wildman–Crippen MR) is 236 cm³/mol. The number of pyridine rings is 2. The summed E-state index contributed by atoms with van der Waals surface area (Å²) < 4.78 is 38.9. The number of nitrogens with one attached hydrogen (secondary N) is 4. The molecule has 3 amide bonds. The normalized spacial score (nSPS) is 12.4. The number of ether oxygens (including phenoxy) is 1. The Hall–Kier alpha value is -7.51. The average molecular weight is 894 g/mol. The molecule has 2 atom stereocenters. The van der Waals surface area contributed by atoms with E-state index in [-0.39, 0.29) is 21.8 Å². The molecule has 2 aromatic heterocycles. The summed E-state index contributed by atoms with van der Waals surface area (Å²) in [6, 6.07) is 28.5. The van der Waals surface area contributed by atoms with Gasteiger partial charge in [0.1, 0.15) is 22.8 Å². The second kappa shape index (κ2) is 22.0. The molecule has 0 bridgehead atoms. The molecule has 0 saturated heterocycles. The van der Waals surface area contributed by atoms with E-state index in [1.54, 1.807) is 19.9 Å². The van der Waals surface area contributed by atoms with Crippen LogP contribution in [-0.2, 0) is 29.3 Å². The number of aliphatic carboxylic acids is 2. The third kappa shape index (κ3) is 14.6. The van der Waals surface area contributed by atoms with Gasteiger partial charge < -0.3 is 30.9 Å². The average Bonchev–Trinajstić information content (AvgIpc) is 3.26. The molecule has 334 valence electrons. The second-order valence-corrected chi connectivity index (χ2v) is 16.5. The minimum absolute atomic E-state index is 0.0438. The van der Waals surface area contributed by atoms with Gasteiger partial charge >= 0.3 is 11.9 Å². The van der Waals surface area contributed by atoms with Crippen LogP contribution in [0.4, 0.5) is 5.82 Å². The van der Waals surface area contributed by atoms with Crippen LogP contribution in [0, 0.1) is 0 Å². The number of carboxylic acid groups (broad SMARTS) is 2. The van der Waals surface area contributed by atoms with Crippen LogP contribution < -0.4 is 26.1 Å². The molecule has 0 aliphatic carbocycles. The number of hydrogen-bond acceptors (Lipinski definition) is 12. The lowest BCUT2D eigenvalue weighted by Gasteiger charge is -2.29. The number of aromatic nitrogens is 2. The third-order valence-electron chi connectivity index (χ3n) is 9.51. The van der Waals surface area contributed by atoms with Crippen molar-refractivity contribution in [1.82, 2.24) is 25.9 Å². The van der Waals surface area contributed by atoms with Gasteiger partial charge in [-0.2, -0.15) is 13.5 Å². The monoisotopic (exact) mass is 893 g/mol. The van der Waals surface area contributed by atoms with Crippen molar-refractivity contribution in [3.8, 4) is 28.3 Å². The maximum atomic E-state index is 13.8. The molecule has 0 aliphatic rings. The first-order valence-electron chi connectivity index (χ1n) is 19.9. The molecule has 7 N–H and O–H groups in total. The molecule has 64 heavy (non-hydrogen) atoms. The van der Waals surface area contributed by atoms with Gasteiger partial charge in [0.2, 0.25) is 17.7 Å². The number of rotatable bonds is 22. The largest absolute Gasteiger partial charge is 0.481 e. The lowest BCUT2D eigenvalue weighted by molar-refractivity contribution is -0.147. The van der Waals surface area contributed by atoms with E-state index < -0.39 is 70.2 Å². The van der Waals surface area contributed by atoms with Crippen molar-refractivity contribution in [3.05, 3.63) is 127 Å². The number of unbranched alkanes of at least 4 members (excludes halogenated alkanes) is 1. The Bertz CT molecular complexity index is 2520. The second-order valence-electron chi connectivity index (χ2n) is 15.1. The molecule has 5 rings (SSSR count). The van der Waals surface area contributed by atoms with Crippen molar-refractivity contribution < 1.29 is 51.9 Å². The van der Waals surface area contributed by atoms with Gasteiger partial charge in [-0.05, 0) is 68.5 Å². The van der Waals surface area contributed by atoms with Crippen molar-refractivity contribution in [2.45, 2.75) is 68.5 Å². The number of carbonyl (C=O) groups is 5. The molecule has 5 aromatic rings. The van der Waals surface area contributed by atoms with E-state index in [0.717, 1.165) is 34.8 Å². The van der Waals surface area contributed by atoms with E-state index in [4.69, 9.17) is 14.8 Å². The fourth-order valence-corrected chi connectivity index (χ4v) is 6.98. The van der Waals surface area contributed by atoms with E-state index in [9.17, 15) is 42.0 Å². The molecule has 0 spiro atoms. The molecule has 3 aromatic carbocycles. The van der Waals surface area contributed by atoms with Crippen LogP contribution in [0.25, 0.3) is 22.4 Å². The molecular formula is C45H47N7O11S. The first kappa shape index (κ1) is 47.5. The zero-order chi connectivity index (χ0) is 46.3. The van der Waals surface area contributed by atoms with Gasteiger partial charge in [-0.25, -0.2) is 14.8 Å². The van der Waals surface area contributed by atoms with Gasteiger partial charge in [0.25, 0.3) is 16.0 Å². The zero-order valence-electron chi connectivity index (χ0n) is 34.8. The maximum absolute atomic E-state index is 13.8. The molecule has 0 saturated carbocycles. The molecule has 0 aliphatic heterocycles. The highest BCUT2D eigenvalue weighted by molar-refractivity contribution is 7.86. The Morgan fingerprint density at radius 2 is 1.47 bits per heavy atom. The Balaban J connectivity index is 1.21. The molecule has 2 heterocycles. The molecule has 18 nitrogen and oxygen atoms in total. The van der Waals surface area contributed by atoms with Crippen LogP contribution in [0.3, 0.4) is 0 Å². The molecular weight excluding hydrogens is 847 g/mol. The first-order chi connectivity index (χ1) is 30.5. The van der Waals surface area contributed by atoms with Crippen LogP contribution in [0.5, 0.6) is 5.88 Å². The van der Waals surface area contributed by atoms with Gasteiger partial charge in [-0.15, -0.1) is 0 Å². The van der Waals surface area contributed by atoms with Crippen LogP contribution in [0.2, 0.25) is 0 Å². The molecule has 0 radical (unpaired) electrons. The number of hydrogen-bond donors (Lipinski definition) is 7. The Kier molecular flexibility index (Phi) is 16.4. The van der Waals surface area contributed by atoms with Crippen molar-refractivity contribution in [1.29, 1.82) is 0 Å². The fraction of sp³-hybridized carbons (Fsp3) is 0.244. The molecule has 2 unspecified atom stereocenters. The minimum atomic E-state index is -4.51. The van der Waals surface area contributed by atoms with Crippen molar-refractivity contribution in [3.63, 3.8) is 0 Å². The highest BCUT2D eigenvalue weighted by atomic mass is 32.2. The van der Waals surface area contributed by atoms with Crippen LogP contribution in [0.15, 0.2) is 125 Å². The summed E-state index contributed by atoms with van der Waals surface area (Å²) in [5.41, 5.74) is 5.40. The summed E-state index contributed by atoms with van der Waals surface area (Å²) in [5.74, 6) is -5.10. The molecule has 19 heteroatoms. The summed E-state index contributed by atoms with van der Waals surface area (Å²) in [5, 5.41) is 29.9. The summed E-state index contributed by atoms with van der Waals surface area (Å²) in [6.07, 6.45) is 2.25. The standard InChI is InChI=1S/C45H47N7O11S/c1-45(2,21-11-12-22-63-40-24-33(29-13-5-3-6-14-29)23-34(49-40)30-15-7-4-8-16-30)51-43(57)35(25-39(53)48-36(44(58)59)26-41(54)55)50-42(56)32-19-20-38(46-27-32)52-47-28-31-17-9-10-18-37(31)64(60,61)62/h3-10,13-20,23-24,27-28,35-36H,11-12,21-22,25-26H2,1-2H3,(H,46,52)(H,48,53)(H,50,56)(H,51,57)(H,54,55)(H,58,59)(H,60,61,62)/b47-28+. The lowest BCUT2D eigenvalue weighted by Crippen LogP contribution is -2.55. The lowest BCUT2D eigenvalue weighted by atomic mass is 9.96. The number of amides is 3. The summed E-state index contributed by atoms with van der Waals surface area (Å²) in [6.45, 7) is 3.84. The smallest absolute Gasteiger partial charge is 0.326 e. The van der Waals surface area contributed by atoms with Crippen LogP contribution in [-0.4, -0.2) is 93.3 Å². The van der Waals surface area contributed by atoms with Gasteiger partial charge in [-0.1, -0.05) is 78.9 Å².